The summed E-state index contributed by atoms with van der Waals surface area (Å²) in [5.41, 5.74) is 2.25. The van der Waals surface area contributed by atoms with Gasteiger partial charge in [0.25, 0.3) is 0 Å². The third-order valence-electron chi connectivity index (χ3n) is 2.93. The third kappa shape index (κ3) is 6.23. The fourth-order valence-electron chi connectivity index (χ4n) is 1.92. The zero-order valence-electron chi connectivity index (χ0n) is 11.7. The molecule has 1 N–H and O–H groups in total. The second kappa shape index (κ2) is 8.75. The van der Waals surface area contributed by atoms with Crippen LogP contribution in [0.5, 0.6) is 0 Å². The molecule has 1 amide bonds. The van der Waals surface area contributed by atoms with Crippen molar-refractivity contribution in [2.75, 3.05) is 12.3 Å². The van der Waals surface area contributed by atoms with Crippen LogP contribution < -0.4 is 5.32 Å². The minimum atomic E-state index is 0.0737. The molecular weight excluding hydrogens is 302 g/mol. The van der Waals surface area contributed by atoms with Gasteiger partial charge in [-0.2, -0.15) is 11.8 Å². The fourth-order valence-corrected chi connectivity index (χ4v) is 2.94. The molecule has 0 spiro atoms. The average molecular weight is 320 g/mol. The van der Waals surface area contributed by atoms with Gasteiger partial charge in [0.2, 0.25) is 5.91 Å². The number of hydrogen-bond donors (Lipinski definition) is 1. The van der Waals surface area contributed by atoms with Gasteiger partial charge in [-0.15, -0.1) is 0 Å². The smallest absolute Gasteiger partial charge is 0.224 e. The maximum Gasteiger partial charge on any atom is 0.224 e. The summed E-state index contributed by atoms with van der Waals surface area (Å²) in [6.07, 6.45) is 0.444. The van der Waals surface area contributed by atoms with Crippen LogP contribution in [0.1, 0.15) is 11.1 Å². The number of hydrogen-bond acceptors (Lipinski definition) is 2. The number of nitrogens with one attached hydrogen (secondary N) is 1. The second-order valence-corrected chi connectivity index (χ2v) is 6.24. The molecule has 0 aliphatic rings. The van der Waals surface area contributed by atoms with Gasteiger partial charge >= 0.3 is 0 Å². The highest BCUT2D eigenvalue weighted by atomic mass is 35.5. The minimum Gasteiger partial charge on any atom is -0.355 e. The Hall–Kier alpha value is -1.45. The topological polar surface area (TPSA) is 29.1 Å². The Labute approximate surface area is 134 Å². The summed E-state index contributed by atoms with van der Waals surface area (Å²) in [6, 6.07) is 17.6. The third-order valence-corrected chi connectivity index (χ3v) is 4.20. The molecule has 21 heavy (non-hydrogen) atoms. The summed E-state index contributed by atoms with van der Waals surface area (Å²) < 4.78 is 0. The molecule has 0 aliphatic carbocycles. The van der Waals surface area contributed by atoms with Gasteiger partial charge in [-0.05, 0) is 23.3 Å². The number of amides is 1. The Bertz CT molecular complexity index is 574. The van der Waals surface area contributed by atoms with Crippen LogP contribution in [0.4, 0.5) is 0 Å². The van der Waals surface area contributed by atoms with E-state index in [1.807, 2.05) is 48.5 Å². The van der Waals surface area contributed by atoms with Gasteiger partial charge in [-0.1, -0.05) is 54.1 Å². The van der Waals surface area contributed by atoms with Crippen molar-refractivity contribution in [3.8, 4) is 0 Å². The van der Waals surface area contributed by atoms with E-state index in [1.54, 1.807) is 11.8 Å². The van der Waals surface area contributed by atoms with Crippen molar-refractivity contribution in [2.24, 2.45) is 0 Å². The van der Waals surface area contributed by atoms with Crippen molar-refractivity contribution in [3.05, 3.63) is 70.7 Å². The number of carbonyl (C=O) groups is 1. The first kappa shape index (κ1) is 15.9. The van der Waals surface area contributed by atoms with E-state index < -0.39 is 0 Å². The van der Waals surface area contributed by atoms with Crippen LogP contribution in [0.15, 0.2) is 54.6 Å². The van der Waals surface area contributed by atoms with Crippen molar-refractivity contribution in [3.63, 3.8) is 0 Å². The van der Waals surface area contributed by atoms with Gasteiger partial charge in [0.1, 0.15) is 0 Å². The molecule has 110 valence electrons. The van der Waals surface area contributed by atoms with Crippen LogP contribution in [0.2, 0.25) is 5.02 Å². The van der Waals surface area contributed by atoms with Crippen LogP contribution >= 0.6 is 23.4 Å². The van der Waals surface area contributed by atoms with Crippen molar-refractivity contribution in [1.29, 1.82) is 0 Å². The predicted molar refractivity (Wildman–Crippen MR) is 90.8 cm³/mol. The molecule has 0 heterocycles. The van der Waals surface area contributed by atoms with Gasteiger partial charge in [0.15, 0.2) is 0 Å². The highest BCUT2D eigenvalue weighted by molar-refractivity contribution is 7.98. The van der Waals surface area contributed by atoms with E-state index in [2.05, 4.69) is 11.4 Å². The summed E-state index contributed by atoms with van der Waals surface area (Å²) in [6.45, 7) is 0.691. The molecule has 0 saturated heterocycles. The van der Waals surface area contributed by atoms with Crippen molar-refractivity contribution >= 4 is 29.3 Å². The molecule has 0 fully saturated rings. The highest BCUT2D eigenvalue weighted by Gasteiger charge is 2.02. The quantitative estimate of drug-likeness (QED) is 0.783. The molecule has 4 heteroatoms. The Kier molecular flexibility index (Phi) is 6.64. The first-order valence-corrected chi connectivity index (χ1v) is 8.40. The van der Waals surface area contributed by atoms with Crippen LogP contribution in [0, 0.1) is 0 Å². The van der Waals surface area contributed by atoms with Crippen molar-refractivity contribution in [1.82, 2.24) is 5.32 Å². The molecule has 0 saturated carbocycles. The zero-order chi connectivity index (χ0) is 14.9. The van der Waals surface area contributed by atoms with E-state index in [1.165, 1.54) is 5.56 Å². The maximum atomic E-state index is 11.8. The molecule has 0 aromatic heterocycles. The van der Waals surface area contributed by atoms with Crippen LogP contribution in [-0.2, 0) is 17.0 Å². The maximum absolute atomic E-state index is 11.8. The Morgan fingerprint density at radius 1 is 1.05 bits per heavy atom. The van der Waals surface area contributed by atoms with Crippen LogP contribution in [-0.4, -0.2) is 18.2 Å². The fraction of sp³-hybridized carbons (Fsp3) is 0.235. The monoisotopic (exact) mass is 319 g/mol. The van der Waals surface area contributed by atoms with Crippen molar-refractivity contribution in [2.45, 2.75) is 12.2 Å². The lowest BCUT2D eigenvalue weighted by Crippen LogP contribution is -2.27. The lowest BCUT2D eigenvalue weighted by Gasteiger charge is -2.06. The van der Waals surface area contributed by atoms with Crippen LogP contribution in [0.25, 0.3) is 0 Å². The summed E-state index contributed by atoms with van der Waals surface area (Å²) in [5, 5.41) is 3.71. The lowest BCUT2D eigenvalue weighted by atomic mass is 10.1. The number of thioether (sulfide) groups is 1. The minimum absolute atomic E-state index is 0.0737. The van der Waals surface area contributed by atoms with E-state index in [0.717, 1.165) is 22.1 Å². The average Bonchev–Trinajstić information content (AvgIpc) is 2.48. The first-order chi connectivity index (χ1) is 10.2. The standard InChI is InChI=1S/C17H18ClNOS/c18-16-8-4-7-15(11-16)13-21-10-9-19-17(20)12-14-5-2-1-3-6-14/h1-8,11H,9-10,12-13H2,(H,19,20). The predicted octanol–water partition coefficient (Wildman–Crippen LogP) is 3.93. The SMILES string of the molecule is O=C(Cc1ccccc1)NCCSCc1cccc(Cl)c1. The molecule has 2 aromatic rings. The highest BCUT2D eigenvalue weighted by Crippen LogP contribution is 2.16. The molecule has 0 aliphatic heterocycles. The summed E-state index contributed by atoms with van der Waals surface area (Å²) in [7, 11) is 0. The molecule has 0 unspecified atom stereocenters. The summed E-state index contributed by atoms with van der Waals surface area (Å²) >= 11 is 7.73. The first-order valence-electron chi connectivity index (χ1n) is 6.87. The molecule has 0 radical (unpaired) electrons. The summed E-state index contributed by atoms with van der Waals surface area (Å²) in [5.74, 6) is 1.88. The lowest BCUT2D eigenvalue weighted by molar-refractivity contribution is -0.120. The van der Waals surface area contributed by atoms with E-state index in [4.69, 9.17) is 11.6 Å². The summed E-state index contributed by atoms with van der Waals surface area (Å²) in [4.78, 5) is 11.8. The van der Waals surface area contributed by atoms with E-state index in [-0.39, 0.29) is 5.91 Å². The normalized spacial score (nSPS) is 10.3. The second-order valence-electron chi connectivity index (χ2n) is 4.69. The molecular formula is C17H18ClNOS. The molecule has 2 aromatic carbocycles. The Balaban J connectivity index is 1.60. The Morgan fingerprint density at radius 2 is 1.81 bits per heavy atom. The number of rotatable bonds is 7. The molecule has 0 bridgehead atoms. The van der Waals surface area contributed by atoms with Crippen molar-refractivity contribution < 1.29 is 4.79 Å². The number of halogens is 1. The van der Waals surface area contributed by atoms with Crippen LogP contribution in [0.3, 0.4) is 0 Å². The molecule has 2 rings (SSSR count). The van der Waals surface area contributed by atoms with E-state index in [0.29, 0.717) is 13.0 Å². The largest absolute Gasteiger partial charge is 0.355 e. The van der Waals surface area contributed by atoms with Gasteiger partial charge in [0, 0.05) is 23.1 Å². The number of carbonyl (C=O) groups excluding carboxylic acids is 1. The molecule has 2 nitrogen and oxygen atoms in total. The van der Waals surface area contributed by atoms with Gasteiger partial charge in [-0.25, -0.2) is 0 Å². The molecule has 0 atom stereocenters. The van der Waals surface area contributed by atoms with E-state index >= 15 is 0 Å². The zero-order valence-corrected chi connectivity index (χ0v) is 13.3. The Morgan fingerprint density at radius 3 is 2.57 bits per heavy atom. The number of benzene rings is 2. The van der Waals surface area contributed by atoms with Gasteiger partial charge in [0.05, 0.1) is 6.42 Å². The van der Waals surface area contributed by atoms with E-state index in [9.17, 15) is 4.79 Å². The van der Waals surface area contributed by atoms with Gasteiger partial charge in [-0.3, -0.25) is 4.79 Å². The van der Waals surface area contributed by atoms with Gasteiger partial charge < -0.3 is 5.32 Å².